The van der Waals surface area contributed by atoms with Crippen molar-refractivity contribution in [3.05, 3.63) is 35.9 Å². The average Bonchev–Trinajstić information content (AvgIpc) is 2.55. The lowest BCUT2D eigenvalue weighted by Gasteiger charge is -2.11. The Kier molecular flexibility index (Phi) is 11.0. The first-order valence-corrected chi connectivity index (χ1v) is 8.50. The van der Waals surface area contributed by atoms with Gasteiger partial charge < -0.3 is 15.4 Å². The van der Waals surface area contributed by atoms with E-state index in [9.17, 15) is 0 Å². The molecule has 0 bridgehead atoms. The van der Waals surface area contributed by atoms with Crippen molar-refractivity contribution in [2.45, 2.75) is 39.5 Å². The molecule has 1 aromatic rings. The fourth-order valence-corrected chi connectivity index (χ4v) is 2.02. The van der Waals surface area contributed by atoms with Crippen molar-refractivity contribution in [3.63, 3.8) is 0 Å². The third-order valence-electron chi connectivity index (χ3n) is 3.25. The first-order valence-electron chi connectivity index (χ1n) is 8.50. The van der Waals surface area contributed by atoms with Gasteiger partial charge in [-0.05, 0) is 31.7 Å². The molecule has 0 amide bonds. The summed E-state index contributed by atoms with van der Waals surface area (Å²) in [5, 5.41) is 6.66. The molecule has 0 aliphatic carbocycles. The molecular weight excluding hydrogens is 274 g/mol. The number of rotatable bonds is 11. The van der Waals surface area contributed by atoms with Crippen molar-refractivity contribution in [3.8, 4) is 0 Å². The summed E-state index contributed by atoms with van der Waals surface area (Å²) in [7, 11) is 0. The first-order chi connectivity index (χ1) is 10.9. The summed E-state index contributed by atoms with van der Waals surface area (Å²) in [5.41, 5.74) is 1.34. The number of nitrogens with zero attached hydrogens (tertiary/aromatic N) is 1. The van der Waals surface area contributed by atoms with Crippen LogP contribution in [-0.2, 0) is 11.2 Å². The molecule has 0 atom stereocenters. The second kappa shape index (κ2) is 13.1. The predicted octanol–water partition coefficient (Wildman–Crippen LogP) is 2.99. The highest BCUT2D eigenvalue weighted by atomic mass is 16.5. The van der Waals surface area contributed by atoms with Crippen LogP contribution in [0, 0.1) is 0 Å². The zero-order chi connectivity index (χ0) is 15.9. The fraction of sp³-hybridized carbons (Fsp3) is 0.611. The van der Waals surface area contributed by atoms with E-state index in [2.05, 4.69) is 53.7 Å². The van der Waals surface area contributed by atoms with Gasteiger partial charge >= 0.3 is 0 Å². The lowest BCUT2D eigenvalue weighted by Crippen LogP contribution is -2.38. The van der Waals surface area contributed by atoms with Crippen molar-refractivity contribution in [2.75, 3.05) is 32.8 Å². The minimum atomic E-state index is 0.798. The minimum Gasteiger partial charge on any atom is -0.381 e. The van der Waals surface area contributed by atoms with Crippen LogP contribution in [0.4, 0.5) is 0 Å². The van der Waals surface area contributed by atoms with E-state index in [-0.39, 0.29) is 0 Å². The minimum absolute atomic E-state index is 0.798. The summed E-state index contributed by atoms with van der Waals surface area (Å²) in [6.45, 7) is 8.50. The first kappa shape index (κ1) is 18.5. The molecular formula is C18H31N3O. The molecule has 0 aliphatic rings. The van der Waals surface area contributed by atoms with Crippen LogP contribution in [0.25, 0.3) is 0 Å². The zero-order valence-electron chi connectivity index (χ0n) is 14.1. The van der Waals surface area contributed by atoms with E-state index >= 15 is 0 Å². The van der Waals surface area contributed by atoms with E-state index in [1.54, 1.807) is 0 Å². The molecule has 124 valence electrons. The number of hydrogen-bond acceptors (Lipinski definition) is 2. The standard InChI is InChI=1S/C18H31N3O/c1-3-5-15-22-16-9-13-20-18(19-4-2)21-14-12-17-10-7-6-8-11-17/h6-8,10-11H,3-5,9,12-16H2,1-2H3,(H2,19,20,21). The van der Waals surface area contributed by atoms with Crippen molar-refractivity contribution in [1.29, 1.82) is 0 Å². The lowest BCUT2D eigenvalue weighted by molar-refractivity contribution is 0.130. The van der Waals surface area contributed by atoms with Crippen molar-refractivity contribution in [1.82, 2.24) is 10.6 Å². The fourth-order valence-electron chi connectivity index (χ4n) is 2.02. The van der Waals surface area contributed by atoms with E-state index in [1.165, 1.54) is 12.0 Å². The van der Waals surface area contributed by atoms with Gasteiger partial charge in [0.25, 0.3) is 0 Å². The topological polar surface area (TPSA) is 45.6 Å². The van der Waals surface area contributed by atoms with Crippen LogP contribution in [-0.4, -0.2) is 38.8 Å². The second-order valence-electron chi connectivity index (χ2n) is 5.24. The number of aliphatic imine (C=N–C) groups is 1. The zero-order valence-corrected chi connectivity index (χ0v) is 14.1. The Morgan fingerprint density at radius 3 is 2.55 bits per heavy atom. The van der Waals surface area contributed by atoms with Crippen LogP contribution in [0.5, 0.6) is 0 Å². The van der Waals surface area contributed by atoms with Gasteiger partial charge in [-0.2, -0.15) is 0 Å². The van der Waals surface area contributed by atoms with Crippen LogP contribution in [0.3, 0.4) is 0 Å². The van der Waals surface area contributed by atoms with E-state index < -0.39 is 0 Å². The molecule has 4 heteroatoms. The van der Waals surface area contributed by atoms with E-state index in [0.29, 0.717) is 0 Å². The molecule has 0 aromatic heterocycles. The predicted molar refractivity (Wildman–Crippen MR) is 94.5 cm³/mol. The van der Waals surface area contributed by atoms with Crippen molar-refractivity contribution < 1.29 is 4.74 Å². The Morgan fingerprint density at radius 2 is 1.82 bits per heavy atom. The molecule has 0 unspecified atom stereocenters. The van der Waals surface area contributed by atoms with Crippen LogP contribution in [0.2, 0.25) is 0 Å². The van der Waals surface area contributed by atoms with Crippen LogP contribution >= 0.6 is 0 Å². The quantitative estimate of drug-likeness (QED) is 0.375. The molecule has 0 saturated heterocycles. The van der Waals surface area contributed by atoms with Gasteiger partial charge in [0.15, 0.2) is 5.96 Å². The Bertz CT molecular complexity index is 393. The van der Waals surface area contributed by atoms with Crippen molar-refractivity contribution >= 4 is 5.96 Å². The van der Waals surface area contributed by atoms with Gasteiger partial charge in [0.2, 0.25) is 0 Å². The highest BCUT2D eigenvalue weighted by molar-refractivity contribution is 5.79. The number of guanidine groups is 1. The van der Waals surface area contributed by atoms with Crippen molar-refractivity contribution in [2.24, 2.45) is 4.99 Å². The summed E-state index contributed by atoms with van der Waals surface area (Å²) < 4.78 is 5.54. The number of hydrogen-bond donors (Lipinski definition) is 2. The van der Waals surface area contributed by atoms with E-state index in [1.807, 2.05) is 6.07 Å². The molecule has 0 radical (unpaired) electrons. The van der Waals surface area contributed by atoms with E-state index in [4.69, 9.17) is 4.74 Å². The van der Waals surface area contributed by atoms with Gasteiger partial charge in [-0.25, -0.2) is 0 Å². The third kappa shape index (κ3) is 9.40. The Labute approximate surface area is 135 Å². The lowest BCUT2D eigenvalue weighted by atomic mass is 10.1. The largest absolute Gasteiger partial charge is 0.381 e. The van der Waals surface area contributed by atoms with Gasteiger partial charge in [0, 0.05) is 32.8 Å². The monoisotopic (exact) mass is 305 g/mol. The molecule has 1 rings (SSSR count). The number of unbranched alkanes of at least 4 members (excludes halogenated alkanes) is 1. The molecule has 4 nitrogen and oxygen atoms in total. The summed E-state index contributed by atoms with van der Waals surface area (Å²) in [6.07, 6.45) is 4.31. The summed E-state index contributed by atoms with van der Waals surface area (Å²) in [5.74, 6) is 0.895. The highest BCUT2D eigenvalue weighted by Crippen LogP contribution is 1.98. The maximum Gasteiger partial charge on any atom is 0.191 e. The van der Waals surface area contributed by atoms with Gasteiger partial charge in [0.05, 0.1) is 0 Å². The number of ether oxygens (including phenoxy) is 1. The maximum atomic E-state index is 5.54. The summed E-state index contributed by atoms with van der Waals surface area (Å²) in [6, 6.07) is 10.5. The summed E-state index contributed by atoms with van der Waals surface area (Å²) >= 11 is 0. The Balaban J connectivity index is 2.18. The van der Waals surface area contributed by atoms with Crippen LogP contribution < -0.4 is 10.6 Å². The number of benzene rings is 1. The van der Waals surface area contributed by atoms with Gasteiger partial charge in [-0.15, -0.1) is 0 Å². The molecule has 0 fully saturated rings. The molecule has 0 saturated carbocycles. The normalized spacial score (nSPS) is 11.5. The highest BCUT2D eigenvalue weighted by Gasteiger charge is 1.97. The summed E-state index contributed by atoms with van der Waals surface area (Å²) in [4.78, 5) is 4.58. The molecule has 1 aromatic carbocycles. The molecule has 0 heterocycles. The smallest absolute Gasteiger partial charge is 0.191 e. The molecule has 2 N–H and O–H groups in total. The third-order valence-corrected chi connectivity index (χ3v) is 3.25. The van der Waals surface area contributed by atoms with Gasteiger partial charge in [-0.3, -0.25) is 4.99 Å². The molecule has 0 spiro atoms. The van der Waals surface area contributed by atoms with Gasteiger partial charge in [0.1, 0.15) is 0 Å². The van der Waals surface area contributed by atoms with Gasteiger partial charge in [-0.1, -0.05) is 43.7 Å². The Hall–Kier alpha value is -1.55. The molecule has 22 heavy (non-hydrogen) atoms. The van der Waals surface area contributed by atoms with Crippen LogP contribution in [0.1, 0.15) is 38.7 Å². The second-order valence-corrected chi connectivity index (χ2v) is 5.24. The average molecular weight is 305 g/mol. The number of nitrogens with one attached hydrogen (secondary N) is 2. The Morgan fingerprint density at radius 1 is 1.05 bits per heavy atom. The van der Waals surface area contributed by atoms with E-state index in [0.717, 1.165) is 58.1 Å². The SMILES string of the molecule is CCCCOCCCN=C(NCC)NCCc1ccccc1. The maximum absolute atomic E-state index is 5.54. The van der Waals surface area contributed by atoms with Crippen LogP contribution in [0.15, 0.2) is 35.3 Å². The molecule has 0 aliphatic heterocycles.